The lowest BCUT2D eigenvalue weighted by Crippen LogP contribution is -2.39. The van der Waals surface area contributed by atoms with Crippen molar-refractivity contribution >= 4 is 11.6 Å². The van der Waals surface area contributed by atoms with Crippen LogP contribution in [0.1, 0.15) is 31.0 Å². The zero-order chi connectivity index (χ0) is 18.4. The van der Waals surface area contributed by atoms with Crippen LogP contribution in [0, 0.1) is 6.92 Å². The van der Waals surface area contributed by atoms with E-state index in [0.717, 1.165) is 16.9 Å². The van der Waals surface area contributed by atoms with Crippen LogP contribution in [0.15, 0.2) is 42.5 Å². The van der Waals surface area contributed by atoms with Crippen LogP contribution in [0.4, 0.5) is 5.69 Å². The second-order valence-corrected chi connectivity index (χ2v) is 6.04. The molecule has 0 saturated heterocycles. The fraction of sp³-hybridized carbons (Fsp3) is 0.350. The smallest absolute Gasteiger partial charge is 0.241 e. The van der Waals surface area contributed by atoms with Crippen LogP contribution in [0.3, 0.4) is 0 Å². The molecule has 25 heavy (non-hydrogen) atoms. The van der Waals surface area contributed by atoms with E-state index >= 15 is 0 Å². The molecule has 0 spiro atoms. The molecule has 0 bridgehead atoms. The van der Waals surface area contributed by atoms with E-state index in [1.807, 2.05) is 57.2 Å². The van der Waals surface area contributed by atoms with Gasteiger partial charge in [-0.2, -0.15) is 0 Å². The van der Waals surface area contributed by atoms with Crippen molar-refractivity contribution in [2.75, 3.05) is 19.5 Å². The molecule has 2 aromatic carbocycles. The molecule has 2 aromatic rings. The summed E-state index contributed by atoms with van der Waals surface area (Å²) in [5.74, 6) is 1.32. The average Bonchev–Trinajstić information content (AvgIpc) is 2.61. The molecule has 5 nitrogen and oxygen atoms in total. The van der Waals surface area contributed by atoms with Gasteiger partial charge in [-0.05, 0) is 39.0 Å². The van der Waals surface area contributed by atoms with E-state index in [9.17, 15) is 4.79 Å². The number of ether oxygens (including phenoxy) is 2. The molecule has 0 radical (unpaired) electrons. The highest BCUT2D eigenvalue weighted by Gasteiger charge is 2.19. The predicted octanol–water partition coefficient (Wildman–Crippen LogP) is 3.69. The van der Waals surface area contributed by atoms with E-state index in [1.165, 1.54) is 0 Å². The second kappa shape index (κ2) is 8.53. The molecular weight excluding hydrogens is 316 g/mol. The first-order valence-corrected chi connectivity index (χ1v) is 8.30. The van der Waals surface area contributed by atoms with Crippen LogP contribution in [-0.2, 0) is 4.79 Å². The zero-order valence-electron chi connectivity index (χ0n) is 15.4. The van der Waals surface area contributed by atoms with Crippen molar-refractivity contribution < 1.29 is 14.3 Å². The fourth-order valence-corrected chi connectivity index (χ4v) is 2.72. The molecule has 134 valence electrons. The van der Waals surface area contributed by atoms with Gasteiger partial charge in [0.2, 0.25) is 5.91 Å². The first-order chi connectivity index (χ1) is 12.0. The summed E-state index contributed by atoms with van der Waals surface area (Å²) in [6.07, 6.45) is 0. The first kappa shape index (κ1) is 18.8. The molecular formula is C20H26N2O3. The van der Waals surface area contributed by atoms with Crippen LogP contribution in [0.2, 0.25) is 0 Å². The standard InChI is InChI=1S/C20H26N2O3/c1-13-10-11-18(24-4)16(12-13)14(2)21-15(3)20(23)22-17-8-6-7-9-19(17)25-5/h6-12,14-15,21H,1-5H3,(H,22,23). The number of hydrogen-bond acceptors (Lipinski definition) is 4. The fourth-order valence-electron chi connectivity index (χ4n) is 2.72. The van der Waals surface area contributed by atoms with Gasteiger partial charge in [-0.3, -0.25) is 10.1 Å². The summed E-state index contributed by atoms with van der Waals surface area (Å²) >= 11 is 0. The Bertz CT molecular complexity index is 731. The molecule has 5 heteroatoms. The largest absolute Gasteiger partial charge is 0.496 e. The number of aryl methyl sites for hydroxylation is 1. The van der Waals surface area contributed by atoms with E-state index in [4.69, 9.17) is 9.47 Å². The number of rotatable bonds is 7. The Labute approximate surface area is 149 Å². The van der Waals surface area contributed by atoms with Crippen molar-refractivity contribution in [3.63, 3.8) is 0 Å². The normalized spacial score (nSPS) is 13.0. The van der Waals surface area contributed by atoms with E-state index < -0.39 is 0 Å². The van der Waals surface area contributed by atoms with Crippen LogP contribution in [0.5, 0.6) is 11.5 Å². The number of hydrogen-bond donors (Lipinski definition) is 2. The third-order valence-corrected chi connectivity index (χ3v) is 4.11. The minimum Gasteiger partial charge on any atom is -0.496 e. The third kappa shape index (κ3) is 4.73. The van der Waals surface area contributed by atoms with Gasteiger partial charge in [0.05, 0.1) is 25.9 Å². The maximum Gasteiger partial charge on any atom is 0.241 e. The summed E-state index contributed by atoms with van der Waals surface area (Å²) in [4.78, 5) is 12.5. The van der Waals surface area contributed by atoms with Crippen molar-refractivity contribution in [3.8, 4) is 11.5 Å². The first-order valence-electron chi connectivity index (χ1n) is 8.30. The van der Waals surface area contributed by atoms with Gasteiger partial charge >= 0.3 is 0 Å². The zero-order valence-corrected chi connectivity index (χ0v) is 15.4. The Kier molecular flexibility index (Phi) is 6.42. The van der Waals surface area contributed by atoms with Gasteiger partial charge in [0.15, 0.2) is 0 Å². The molecule has 1 amide bonds. The Morgan fingerprint density at radius 1 is 1.00 bits per heavy atom. The number of benzene rings is 2. The topological polar surface area (TPSA) is 59.6 Å². The maximum atomic E-state index is 12.5. The quantitative estimate of drug-likeness (QED) is 0.806. The molecule has 2 rings (SSSR count). The molecule has 0 heterocycles. The highest BCUT2D eigenvalue weighted by atomic mass is 16.5. The number of methoxy groups -OCH3 is 2. The van der Waals surface area contributed by atoms with E-state index in [-0.39, 0.29) is 18.0 Å². The van der Waals surface area contributed by atoms with Crippen LogP contribution < -0.4 is 20.1 Å². The number of nitrogens with one attached hydrogen (secondary N) is 2. The third-order valence-electron chi connectivity index (χ3n) is 4.11. The molecule has 0 aromatic heterocycles. The van der Waals surface area contributed by atoms with Crippen molar-refractivity contribution in [2.24, 2.45) is 0 Å². The van der Waals surface area contributed by atoms with Crippen molar-refractivity contribution in [2.45, 2.75) is 32.9 Å². The molecule has 0 fully saturated rings. The summed E-state index contributed by atoms with van der Waals surface area (Å²) < 4.78 is 10.7. The molecule has 0 aliphatic heterocycles. The Morgan fingerprint density at radius 2 is 1.68 bits per heavy atom. The molecule has 0 saturated carbocycles. The van der Waals surface area contributed by atoms with Crippen molar-refractivity contribution in [1.29, 1.82) is 0 Å². The SMILES string of the molecule is COc1ccccc1NC(=O)C(C)NC(C)c1cc(C)ccc1OC. The van der Waals surface area contributed by atoms with E-state index in [1.54, 1.807) is 14.2 Å². The lowest BCUT2D eigenvalue weighted by Gasteiger charge is -2.22. The van der Waals surface area contributed by atoms with Gasteiger partial charge in [-0.25, -0.2) is 0 Å². The summed E-state index contributed by atoms with van der Waals surface area (Å²) in [6, 6.07) is 13.0. The monoisotopic (exact) mass is 342 g/mol. The number of carbonyl (C=O) groups excluding carboxylic acids is 1. The average molecular weight is 342 g/mol. The Morgan fingerprint density at radius 3 is 2.36 bits per heavy atom. The highest BCUT2D eigenvalue weighted by Crippen LogP contribution is 2.27. The maximum absolute atomic E-state index is 12.5. The van der Waals surface area contributed by atoms with Gasteiger partial charge in [0, 0.05) is 11.6 Å². The van der Waals surface area contributed by atoms with Gasteiger partial charge < -0.3 is 14.8 Å². The molecule has 2 unspecified atom stereocenters. The van der Waals surface area contributed by atoms with Crippen LogP contribution in [0.25, 0.3) is 0 Å². The predicted molar refractivity (Wildman–Crippen MR) is 100 cm³/mol. The number of para-hydroxylation sites is 2. The number of anilines is 1. The summed E-state index contributed by atoms with van der Waals surface area (Å²) in [5.41, 5.74) is 2.83. The highest BCUT2D eigenvalue weighted by molar-refractivity contribution is 5.95. The minimum atomic E-state index is -0.384. The number of carbonyl (C=O) groups is 1. The van der Waals surface area contributed by atoms with Gasteiger partial charge in [-0.15, -0.1) is 0 Å². The van der Waals surface area contributed by atoms with Crippen LogP contribution >= 0.6 is 0 Å². The summed E-state index contributed by atoms with van der Waals surface area (Å²) in [7, 11) is 3.23. The molecule has 0 aliphatic carbocycles. The van der Waals surface area contributed by atoms with Crippen molar-refractivity contribution in [3.05, 3.63) is 53.6 Å². The second-order valence-electron chi connectivity index (χ2n) is 6.04. The minimum absolute atomic E-state index is 0.0340. The lowest BCUT2D eigenvalue weighted by molar-refractivity contribution is -0.118. The summed E-state index contributed by atoms with van der Waals surface area (Å²) in [5, 5.41) is 6.22. The van der Waals surface area contributed by atoms with Gasteiger partial charge in [0.1, 0.15) is 11.5 Å². The van der Waals surface area contributed by atoms with E-state index in [2.05, 4.69) is 16.7 Å². The Hall–Kier alpha value is -2.53. The van der Waals surface area contributed by atoms with Gasteiger partial charge in [0.25, 0.3) is 0 Å². The molecule has 2 N–H and O–H groups in total. The van der Waals surface area contributed by atoms with Crippen molar-refractivity contribution in [1.82, 2.24) is 5.32 Å². The summed E-state index contributed by atoms with van der Waals surface area (Å²) in [6.45, 7) is 5.89. The Balaban J connectivity index is 2.07. The molecule has 0 aliphatic rings. The number of amides is 1. The van der Waals surface area contributed by atoms with Gasteiger partial charge in [-0.1, -0.05) is 29.8 Å². The lowest BCUT2D eigenvalue weighted by atomic mass is 10.0. The van der Waals surface area contributed by atoms with Crippen LogP contribution in [-0.4, -0.2) is 26.2 Å². The molecule has 2 atom stereocenters. The van der Waals surface area contributed by atoms with E-state index in [0.29, 0.717) is 11.4 Å².